The maximum absolute atomic E-state index is 13.6. The van der Waals surface area contributed by atoms with Gasteiger partial charge in [-0.3, -0.25) is 4.98 Å². The lowest BCUT2D eigenvalue weighted by atomic mass is 9.95. The highest BCUT2D eigenvalue weighted by molar-refractivity contribution is 5.97. The average molecular weight is 482 g/mol. The monoisotopic (exact) mass is 482 g/mol. The van der Waals surface area contributed by atoms with Gasteiger partial charge in [0, 0.05) is 22.7 Å². The van der Waals surface area contributed by atoms with Gasteiger partial charge in [-0.1, -0.05) is 48.5 Å². The van der Waals surface area contributed by atoms with Gasteiger partial charge in [0.05, 0.1) is 16.6 Å². The number of rotatable bonds is 3. The van der Waals surface area contributed by atoms with Gasteiger partial charge in [-0.25, -0.2) is 4.98 Å². The molecule has 4 aromatic carbocycles. The molecule has 7 heteroatoms. The van der Waals surface area contributed by atoms with Crippen LogP contribution in [0.5, 0.6) is 5.75 Å². The topological polar surface area (TPSA) is 59.2 Å². The Labute approximate surface area is 203 Å². The predicted molar refractivity (Wildman–Crippen MR) is 132 cm³/mol. The Morgan fingerprint density at radius 3 is 2.25 bits per heavy atom. The van der Waals surface area contributed by atoms with Crippen LogP contribution in [-0.2, 0) is 6.18 Å². The summed E-state index contributed by atoms with van der Waals surface area (Å²) in [6, 6.07) is 25.0. The molecule has 2 heterocycles. The summed E-state index contributed by atoms with van der Waals surface area (Å²) < 4.78 is 46.8. The molecule has 2 aromatic heterocycles. The molecule has 0 bridgehead atoms. The highest BCUT2D eigenvalue weighted by Crippen LogP contribution is 2.39. The number of nitrogens with zero attached hydrogens (tertiary/aromatic N) is 2. The molecule has 0 aliphatic rings. The van der Waals surface area contributed by atoms with Gasteiger partial charge in [0.1, 0.15) is 11.3 Å². The standard InChI is InChI=1S/C29H17F3N2O2/c30-29(31,32)20-15-19-8-5-13-33-26(19)23(16-20)18-7-3-6-17(14-18)21-10-4-12-25-27(21)34-28(36-25)22-9-1-2-11-24(22)35/h1-16,35H. The second-order valence-electron chi connectivity index (χ2n) is 8.37. The van der Waals surface area contributed by atoms with E-state index in [1.807, 2.05) is 24.3 Å². The number of pyridine rings is 1. The minimum absolute atomic E-state index is 0.0523. The largest absolute Gasteiger partial charge is 0.507 e. The SMILES string of the molecule is Oc1ccccc1-c1nc2c(-c3cccc(-c4cc(C(F)(F)F)cc5cccnc45)c3)cccc2o1. The molecule has 0 unspecified atom stereocenters. The van der Waals surface area contributed by atoms with Crippen molar-refractivity contribution in [3.63, 3.8) is 0 Å². The van der Waals surface area contributed by atoms with E-state index in [1.54, 1.807) is 60.8 Å². The highest BCUT2D eigenvalue weighted by atomic mass is 19.4. The van der Waals surface area contributed by atoms with Crippen molar-refractivity contribution >= 4 is 22.0 Å². The first-order valence-corrected chi connectivity index (χ1v) is 11.1. The molecular weight excluding hydrogens is 465 g/mol. The van der Waals surface area contributed by atoms with Crippen molar-refractivity contribution < 1.29 is 22.7 Å². The third kappa shape index (κ3) is 3.75. The third-order valence-electron chi connectivity index (χ3n) is 6.07. The second kappa shape index (κ2) is 8.23. The Morgan fingerprint density at radius 2 is 1.44 bits per heavy atom. The maximum Gasteiger partial charge on any atom is 0.416 e. The van der Waals surface area contributed by atoms with Crippen molar-refractivity contribution in [1.29, 1.82) is 0 Å². The number of hydrogen-bond acceptors (Lipinski definition) is 4. The van der Waals surface area contributed by atoms with Crippen molar-refractivity contribution in [3.05, 3.63) is 103 Å². The minimum Gasteiger partial charge on any atom is -0.507 e. The first kappa shape index (κ1) is 21.9. The van der Waals surface area contributed by atoms with Gasteiger partial charge in [-0.2, -0.15) is 13.2 Å². The van der Waals surface area contributed by atoms with Gasteiger partial charge in [0.25, 0.3) is 0 Å². The number of phenols is 1. The summed E-state index contributed by atoms with van der Waals surface area (Å²) in [6.45, 7) is 0. The van der Waals surface area contributed by atoms with E-state index in [9.17, 15) is 18.3 Å². The Kier molecular flexibility index (Phi) is 5.00. The zero-order chi connectivity index (χ0) is 24.9. The molecule has 36 heavy (non-hydrogen) atoms. The number of oxazole rings is 1. The van der Waals surface area contributed by atoms with Crippen molar-refractivity contribution in [2.75, 3.05) is 0 Å². The Hall–Kier alpha value is -4.65. The first-order valence-electron chi connectivity index (χ1n) is 11.1. The molecule has 6 rings (SSSR count). The number of alkyl halides is 3. The van der Waals surface area contributed by atoms with Gasteiger partial charge in [0.2, 0.25) is 5.89 Å². The Bertz CT molecular complexity index is 1760. The van der Waals surface area contributed by atoms with Gasteiger partial charge < -0.3 is 9.52 Å². The fraction of sp³-hybridized carbons (Fsp3) is 0.0345. The molecule has 176 valence electrons. The summed E-state index contributed by atoms with van der Waals surface area (Å²) in [4.78, 5) is 8.99. The molecule has 6 aromatic rings. The number of para-hydroxylation sites is 2. The van der Waals surface area contributed by atoms with Crippen molar-refractivity contribution in [2.24, 2.45) is 0 Å². The number of aromatic nitrogens is 2. The van der Waals surface area contributed by atoms with E-state index in [4.69, 9.17) is 4.42 Å². The van der Waals surface area contributed by atoms with Crippen LogP contribution in [0.3, 0.4) is 0 Å². The van der Waals surface area contributed by atoms with Crippen LogP contribution in [0, 0.1) is 0 Å². The Balaban J connectivity index is 1.52. The van der Waals surface area contributed by atoms with E-state index >= 15 is 0 Å². The average Bonchev–Trinajstić information content (AvgIpc) is 3.32. The molecule has 0 aliphatic carbocycles. The summed E-state index contributed by atoms with van der Waals surface area (Å²) in [6.07, 6.45) is -2.91. The van der Waals surface area contributed by atoms with Gasteiger partial charge in [-0.05, 0) is 53.6 Å². The molecule has 0 saturated carbocycles. The third-order valence-corrected chi connectivity index (χ3v) is 6.07. The molecule has 0 aliphatic heterocycles. The van der Waals surface area contributed by atoms with E-state index in [-0.39, 0.29) is 11.6 Å². The molecule has 1 N–H and O–H groups in total. The Morgan fingerprint density at radius 1 is 0.694 bits per heavy atom. The number of halogens is 3. The van der Waals surface area contributed by atoms with Gasteiger partial charge >= 0.3 is 6.18 Å². The summed E-state index contributed by atoms with van der Waals surface area (Å²) in [5.74, 6) is 0.330. The molecular formula is C29H17F3N2O2. The summed E-state index contributed by atoms with van der Waals surface area (Å²) in [7, 11) is 0. The quantitative estimate of drug-likeness (QED) is 0.277. The molecule has 0 fully saturated rings. The molecule has 0 saturated heterocycles. The van der Waals surface area contributed by atoms with E-state index in [0.29, 0.717) is 38.7 Å². The lowest BCUT2D eigenvalue weighted by molar-refractivity contribution is -0.137. The molecule has 0 spiro atoms. The number of phenolic OH excluding ortho intramolecular Hbond substituents is 1. The smallest absolute Gasteiger partial charge is 0.416 e. The van der Waals surface area contributed by atoms with Crippen LogP contribution in [0.15, 0.2) is 102 Å². The van der Waals surface area contributed by atoms with Gasteiger partial charge in [0.15, 0.2) is 5.58 Å². The van der Waals surface area contributed by atoms with Gasteiger partial charge in [-0.15, -0.1) is 0 Å². The van der Waals surface area contributed by atoms with Crippen LogP contribution in [0.1, 0.15) is 5.56 Å². The minimum atomic E-state index is -4.48. The van der Waals surface area contributed by atoms with Crippen molar-refractivity contribution in [2.45, 2.75) is 6.18 Å². The zero-order valence-electron chi connectivity index (χ0n) is 18.6. The van der Waals surface area contributed by atoms with Crippen LogP contribution >= 0.6 is 0 Å². The maximum atomic E-state index is 13.6. The zero-order valence-corrected chi connectivity index (χ0v) is 18.6. The summed E-state index contributed by atoms with van der Waals surface area (Å²) >= 11 is 0. The lowest BCUT2D eigenvalue weighted by Crippen LogP contribution is -2.05. The van der Waals surface area contributed by atoms with E-state index in [0.717, 1.165) is 23.3 Å². The molecule has 0 atom stereocenters. The molecule has 4 nitrogen and oxygen atoms in total. The predicted octanol–water partition coefficient (Wildman–Crippen LogP) is 8.10. The molecule has 0 amide bonds. The van der Waals surface area contributed by atoms with E-state index in [1.165, 1.54) is 0 Å². The number of benzene rings is 4. The van der Waals surface area contributed by atoms with Crippen LogP contribution in [0.25, 0.3) is 55.7 Å². The fourth-order valence-electron chi connectivity index (χ4n) is 4.38. The second-order valence-corrected chi connectivity index (χ2v) is 8.37. The van der Waals surface area contributed by atoms with Crippen LogP contribution < -0.4 is 0 Å². The lowest BCUT2D eigenvalue weighted by Gasteiger charge is -2.13. The fourth-order valence-corrected chi connectivity index (χ4v) is 4.38. The number of aromatic hydroxyl groups is 1. The highest BCUT2D eigenvalue weighted by Gasteiger charge is 2.31. The molecule has 0 radical (unpaired) electrons. The number of fused-ring (bicyclic) bond motifs is 2. The number of hydrogen-bond donors (Lipinski definition) is 1. The van der Waals surface area contributed by atoms with Crippen molar-refractivity contribution in [1.82, 2.24) is 9.97 Å². The summed E-state index contributed by atoms with van der Waals surface area (Å²) in [5, 5.41) is 10.6. The normalized spacial score (nSPS) is 11.9. The van der Waals surface area contributed by atoms with Crippen LogP contribution in [0.2, 0.25) is 0 Å². The van der Waals surface area contributed by atoms with E-state index < -0.39 is 11.7 Å². The first-order chi connectivity index (χ1) is 17.4. The summed E-state index contributed by atoms with van der Waals surface area (Å²) in [5.41, 5.74) is 3.85. The van der Waals surface area contributed by atoms with Crippen LogP contribution in [-0.4, -0.2) is 15.1 Å². The van der Waals surface area contributed by atoms with E-state index in [2.05, 4.69) is 9.97 Å². The van der Waals surface area contributed by atoms with Crippen LogP contribution in [0.4, 0.5) is 13.2 Å². The van der Waals surface area contributed by atoms with Crippen molar-refractivity contribution in [3.8, 4) is 39.5 Å².